The van der Waals surface area contributed by atoms with E-state index in [1.807, 2.05) is 38.2 Å². The van der Waals surface area contributed by atoms with Crippen LogP contribution in [0.25, 0.3) is 6.08 Å². The van der Waals surface area contributed by atoms with Crippen molar-refractivity contribution in [1.82, 2.24) is 9.88 Å². The molecule has 2 heterocycles. The molecule has 1 aromatic heterocycles. The van der Waals surface area contributed by atoms with Gasteiger partial charge < -0.3 is 9.47 Å². The standard InChI is InChI=1S/C34H42N2O2/c1-34(2)37-32(22-21-30-20-12-13-23-35-30)33(38-34)31(24-27-14-6-3-7-15-27)36(25-28-16-8-4-9-17-28)26-29-18-10-5-11-19-29/h4-5,8-13,16-23,27,31-33H,3,6-7,14-15,24-26H2,1-2H3/b22-21-/t31-,32-,33+/m0/s1. The van der Waals surface area contributed by atoms with Crippen molar-refractivity contribution < 1.29 is 9.47 Å². The van der Waals surface area contributed by atoms with Gasteiger partial charge in [0.1, 0.15) is 12.2 Å². The molecule has 4 nitrogen and oxygen atoms in total. The van der Waals surface area contributed by atoms with Gasteiger partial charge in [-0.2, -0.15) is 0 Å². The molecule has 0 spiro atoms. The highest BCUT2D eigenvalue weighted by Crippen LogP contribution is 2.38. The minimum Gasteiger partial charge on any atom is -0.343 e. The summed E-state index contributed by atoms with van der Waals surface area (Å²) in [6, 6.07) is 27.9. The normalized spacial score (nSPS) is 22.7. The van der Waals surface area contributed by atoms with E-state index in [0.29, 0.717) is 0 Å². The molecule has 1 saturated carbocycles. The maximum Gasteiger partial charge on any atom is 0.164 e. The number of aromatic nitrogens is 1. The van der Waals surface area contributed by atoms with E-state index in [1.165, 1.54) is 43.2 Å². The molecule has 3 atom stereocenters. The Labute approximate surface area is 228 Å². The predicted octanol–water partition coefficient (Wildman–Crippen LogP) is 7.66. The van der Waals surface area contributed by atoms with Crippen molar-refractivity contribution in [1.29, 1.82) is 0 Å². The molecule has 1 aliphatic carbocycles. The van der Waals surface area contributed by atoms with Gasteiger partial charge in [0.25, 0.3) is 0 Å². The Balaban J connectivity index is 1.48. The summed E-state index contributed by atoms with van der Waals surface area (Å²) in [6.07, 6.45) is 13.7. The van der Waals surface area contributed by atoms with Crippen LogP contribution in [0.1, 0.15) is 69.2 Å². The van der Waals surface area contributed by atoms with Crippen LogP contribution in [0.4, 0.5) is 0 Å². The molecule has 38 heavy (non-hydrogen) atoms. The molecule has 5 rings (SSSR count). The third kappa shape index (κ3) is 7.41. The van der Waals surface area contributed by atoms with Crippen molar-refractivity contribution in [3.05, 3.63) is 108 Å². The van der Waals surface area contributed by atoms with E-state index in [9.17, 15) is 0 Å². The Morgan fingerprint density at radius 1 is 0.842 bits per heavy atom. The summed E-state index contributed by atoms with van der Waals surface area (Å²) in [4.78, 5) is 7.14. The summed E-state index contributed by atoms with van der Waals surface area (Å²) < 4.78 is 13.3. The molecule has 3 aromatic rings. The molecule has 4 heteroatoms. The number of benzene rings is 2. The number of hydrogen-bond acceptors (Lipinski definition) is 4. The van der Waals surface area contributed by atoms with E-state index in [0.717, 1.165) is 31.1 Å². The van der Waals surface area contributed by atoms with Crippen LogP contribution >= 0.6 is 0 Å². The maximum absolute atomic E-state index is 6.77. The minimum absolute atomic E-state index is 0.0701. The van der Waals surface area contributed by atoms with Gasteiger partial charge in [0.05, 0.1) is 5.69 Å². The van der Waals surface area contributed by atoms with Crippen molar-refractivity contribution in [3.63, 3.8) is 0 Å². The average molecular weight is 511 g/mol. The Bertz CT molecular complexity index is 1090. The largest absolute Gasteiger partial charge is 0.343 e. The molecule has 0 bridgehead atoms. The fourth-order valence-electron chi connectivity index (χ4n) is 6.11. The SMILES string of the molecule is CC1(C)O[C@H]([C@H](CC2CCCCC2)N(Cc2ccccc2)Cc2ccccc2)[C@H](/C=C\c2ccccn2)O1. The Morgan fingerprint density at radius 3 is 2.08 bits per heavy atom. The van der Waals surface area contributed by atoms with Gasteiger partial charge in [-0.25, -0.2) is 0 Å². The van der Waals surface area contributed by atoms with Crippen molar-refractivity contribution in [2.75, 3.05) is 0 Å². The molecule has 2 fully saturated rings. The van der Waals surface area contributed by atoms with E-state index in [1.54, 1.807) is 0 Å². The molecule has 0 radical (unpaired) electrons. The van der Waals surface area contributed by atoms with E-state index in [2.05, 4.69) is 82.7 Å². The van der Waals surface area contributed by atoms with Crippen molar-refractivity contribution in [2.24, 2.45) is 5.92 Å². The lowest BCUT2D eigenvalue weighted by atomic mass is 9.82. The first kappa shape index (κ1) is 26.8. The van der Waals surface area contributed by atoms with Crippen LogP contribution in [-0.4, -0.2) is 33.9 Å². The second kappa shape index (κ2) is 12.8. The van der Waals surface area contributed by atoms with Crippen LogP contribution in [0, 0.1) is 5.92 Å². The lowest BCUT2D eigenvalue weighted by Gasteiger charge is -2.39. The summed E-state index contributed by atoms with van der Waals surface area (Å²) in [7, 11) is 0. The number of rotatable bonds is 10. The molecule has 0 unspecified atom stereocenters. The molecule has 2 aromatic carbocycles. The summed E-state index contributed by atoms with van der Waals surface area (Å²) in [5.74, 6) is 0.0790. The molecule has 200 valence electrons. The zero-order valence-electron chi connectivity index (χ0n) is 22.9. The minimum atomic E-state index is -0.639. The number of ether oxygens (including phenoxy) is 2. The Hall–Kier alpha value is -2.79. The van der Waals surface area contributed by atoms with Gasteiger partial charge in [0.2, 0.25) is 0 Å². The Kier molecular flexibility index (Phi) is 9.06. The van der Waals surface area contributed by atoms with Crippen LogP contribution < -0.4 is 0 Å². The fraction of sp³-hybridized carbons (Fsp3) is 0.441. The third-order valence-corrected chi connectivity index (χ3v) is 7.91. The number of nitrogens with zero attached hydrogens (tertiary/aromatic N) is 2. The van der Waals surface area contributed by atoms with E-state index >= 15 is 0 Å². The van der Waals surface area contributed by atoms with Crippen LogP contribution in [-0.2, 0) is 22.6 Å². The number of hydrogen-bond donors (Lipinski definition) is 0. The highest BCUT2D eigenvalue weighted by atomic mass is 16.8. The van der Waals surface area contributed by atoms with Crippen LogP contribution in [0.2, 0.25) is 0 Å². The van der Waals surface area contributed by atoms with Gasteiger partial charge in [-0.1, -0.05) is 105 Å². The monoisotopic (exact) mass is 510 g/mol. The van der Waals surface area contributed by atoms with Gasteiger partial charge in [0.15, 0.2) is 5.79 Å². The first-order valence-corrected chi connectivity index (χ1v) is 14.3. The third-order valence-electron chi connectivity index (χ3n) is 7.91. The summed E-state index contributed by atoms with van der Waals surface area (Å²) in [5.41, 5.74) is 3.60. The molecular formula is C34H42N2O2. The van der Waals surface area contributed by atoms with Crippen molar-refractivity contribution in [3.8, 4) is 0 Å². The van der Waals surface area contributed by atoms with Gasteiger partial charge >= 0.3 is 0 Å². The zero-order chi connectivity index (χ0) is 26.2. The smallest absolute Gasteiger partial charge is 0.164 e. The predicted molar refractivity (Wildman–Crippen MR) is 154 cm³/mol. The summed E-state index contributed by atoms with van der Waals surface area (Å²) in [5, 5.41) is 0. The number of pyridine rings is 1. The van der Waals surface area contributed by atoms with Gasteiger partial charge in [-0.15, -0.1) is 0 Å². The lowest BCUT2D eigenvalue weighted by Crippen LogP contribution is -2.48. The second-order valence-corrected chi connectivity index (χ2v) is 11.4. The zero-order valence-corrected chi connectivity index (χ0v) is 22.9. The molecule has 0 amide bonds. The molecule has 2 aliphatic rings. The van der Waals surface area contributed by atoms with Crippen molar-refractivity contribution >= 4 is 6.08 Å². The fourth-order valence-corrected chi connectivity index (χ4v) is 6.11. The van der Waals surface area contributed by atoms with Crippen LogP contribution in [0.15, 0.2) is 91.1 Å². The highest BCUT2D eigenvalue weighted by molar-refractivity contribution is 5.45. The molecule has 1 saturated heterocycles. The van der Waals surface area contributed by atoms with Gasteiger partial charge in [0, 0.05) is 25.3 Å². The van der Waals surface area contributed by atoms with Gasteiger partial charge in [-0.05, 0) is 55.5 Å². The quantitative estimate of drug-likeness (QED) is 0.280. The van der Waals surface area contributed by atoms with Crippen LogP contribution in [0.3, 0.4) is 0 Å². The van der Waals surface area contributed by atoms with Crippen molar-refractivity contribution in [2.45, 2.75) is 89.5 Å². The lowest BCUT2D eigenvalue weighted by molar-refractivity contribution is -0.151. The average Bonchev–Trinajstić information content (AvgIpc) is 3.26. The molecular weight excluding hydrogens is 468 g/mol. The summed E-state index contributed by atoms with van der Waals surface area (Å²) in [6.45, 7) is 5.85. The van der Waals surface area contributed by atoms with E-state index < -0.39 is 5.79 Å². The highest BCUT2D eigenvalue weighted by Gasteiger charge is 2.46. The van der Waals surface area contributed by atoms with E-state index in [-0.39, 0.29) is 18.2 Å². The first-order valence-electron chi connectivity index (χ1n) is 14.3. The second-order valence-electron chi connectivity index (χ2n) is 11.4. The first-order chi connectivity index (χ1) is 18.6. The molecule has 1 aliphatic heterocycles. The summed E-state index contributed by atoms with van der Waals surface area (Å²) >= 11 is 0. The maximum atomic E-state index is 6.77. The Morgan fingerprint density at radius 2 is 1.47 bits per heavy atom. The molecule has 0 N–H and O–H groups in total. The van der Waals surface area contributed by atoms with Gasteiger partial charge in [-0.3, -0.25) is 9.88 Å². The topological polar surface area (TPSA) is 34.6 Å². The van der Waals surface area contributed by atoms with Crippen LogP contribution in [0.5, 0.6) is 0 Å². The van der Waals surface area contributed by atoms with E-state index in [4.69, 9.17) is 9.47 Å².